The highest BCUT2D eigenvalue weighted by Crippen LogP contribution is 2.25. The van der Waals surface area contributed by atoms with E-state index in [1.165, 1.54) is 0 Å². The molecule has 0 unspecified atom stereocenters. The normalized spacial score (nSPS) is 10.4. The number of aliphatic hydroxyl groups is 1. The molecule has 0 saturated carbocycles. The second-order valence-corrected chi connectivity index (χ2v) is 4.98. The Hall–Kier alpha value is -1.91. The summed E-state index contributed by atoms with van der Waals surface area (Å²) in [6.45, 7) is 2.80. The number of hydrogen-bond acceptors (Lipinski definition) is 4. The van der Waals surface area contributed by atoms with E-state index in [1.807, 2.05) is 25.1 Å². The Morgan fingerprint density at radius 2 is 1.95 bits per heavy atom. The van der Waals surface area contributed by atoms with Crippen LogP contribution in [0.4, 0.5) is 5.69 Å². The van der Waals surface area contributed by atoms with Gasteiger partial charge in [-0.05, 0) is 43.3 Å². The molecule has 0 spiro atoms. The Kier molecular flexibility index (Phi) is 5.31. The predicted molar refractivity (Wildman–Crippen MR) is 84.0 cm³/mol. The Balaban J connectivity index is 2.11. The van der Waals surface area contributed by atoms with Crippen LogP contribution in [0.2, 0.25) is 5.02 Å². The van der Waals surface area contributed by atoms with Gasteiger partial charge in [-0.2, -0.15) is 0 Å². The molecule has 0 saturated heterocycles. The van der Waals surface area contributed by atoms with E-state index >= 15 is 0 Å². The first-order chi connectivity index (χ1) is 10.1. The second-order valence-electron chi connectivity index (χ2n) is 4.54. The van der Waals surface area contributed by atoms with Crippen molar-refractivity contribution in [1.29, 1.82) is 0 Å². The lowest BCUT2D eigenvalue weighted by molar-refractivity contribution is 0.267. The Labute approximate surface area is 129 Å². The summed E-state index contributed by atoms with van der Waals surface area (Å²) in [4.78, 5) is 0. The fraction of sp³-hybridized carbons (Fsp3) is 0.250. The monoisotopic (exact) mass is 307 g/mol. The predicted octanol–water partition coefficient (Wildman–Crippen LogP) is 3.55. The number of phenols is 1. The fourth-order valence-electron chi connectivity index (χ4n) is 2.00. The topological polar surface area (TPSA) is 61.7 Å². The second kappa shape index (κ2) is 7.20. The number of halogens is 1. The molecule has 0 fully saturated rings. The zero-order valence-electron chi connectivity index (χ0n) is 11.8. The highest BCUT2D eigenvalue weighted by Gasteiger charge is 2.06. The van der Waals surface area contributed by atoms with E-state index in [4.69, 9.17) is 16.3 Å². The van der Waals surface area contributed by atoms with Crippen molar-refractivity contribution in [3.63, 3.8) is 0 Å². The molecule has 0 aromatic heterocycles. The number of phenolic OH excluding ortho intramolecular Hbond substituents is 1. The highest BCUT2D eigenvalue weighted by molar-refractivity contribution is 6.30. The van der Waals surface area contributed by atoms with Crippen molar-refractivity contribution in [3.05, 3.63) is 52.5 Å². The minimum atomic E-state index is -0.0900. The molecule has 112 valence electrons. The molecule has 0 bridgehead atoms. The molecule has 0 radical (unpaired) electrons. The van der Waals surface area contributed by atoms with Crippen molar-refractivity contribution in [1.82, 2.24) is 0 Å². The number of nitrogens with one attached hydrogen (secondary N) is 1. The quantitative estimate of drug-likeness (QED) is 0.764. The van der Waals surface area contributed by atoms with E-state index < -0.39 is 0 Å². The van der Waals surface area contributed by atoms with E-state index in [1.54, 1.807) is 18.2 Å². The largest absolute Gasteiger partial charge is 0.508 e. The van der Waals surface area contributed by atoms with Crippen LogP contribution in [0, 0.1) is 0 Å². The SMILES string of the molecule is CCOc1ccc(NCc2cc(Cl)ccc2O)cc1CO. The molecule has 5 heteroatoms. The summed E-state index contributed by atoms with van der Waals surface area (Å²) >= 11 is 5.91. The van der Waals surface area contributed by atoms with Gasteiger partial charge in [-0.1, -0.05) is 11.6 Å². The standard InChI is InChI=1S/C16H18ClNO3/c1-2-21-16-6-4-14(8-12(16)10-19)18-9-11-7-13(17)3-5-15(11)20/h3-8,18-20H,2,9-10H2,1H3. The number of aromatic hydroxyl groups is 1. The molecule has 0 atom stereocenters. The van der Waals surface area contributed by atoms with Gasteiger partial charge in [0, 0.05) is 28.4 Å². The summed E-state index contributed by atoms with van der Waals surface area (Å²) in [5.74, 6) is 0.872. The van der Waals surface area contributed by atoms with Crippen LogP contribution < -0.4 is 10.1 Å². The number of hydrogen-bond donors (Lipinski definition) is 3. The van der Waals surface area contributed by atoms with Gasteiger partial charge in [-0.15, -0.1) is 0 Å². The van der Waals surface area contributed by atoms with Gasteiger partial charge >= 0.3 is 0 Å². The third-order valence-corrected chi connectivity index (χ3v) is 3.29. The molecule has 0 aliphatic heterocycles. The van der Waals surface area contributed by atoms with Crippen LogP contribution in [-0.4, -0.2) is 16.8 Å². The van der Waals surface area contributed by atoms with Gasteiger partial charge in [-0.3, -0.25) is 0 Å². The van der Waals surface area contributed by atoms with Crippen LogP contribution in [0.25, 0.3) is 0 Å². The fourth-order valence-corrected chi connectivity index (χ4v) is 2.20. The number of anilines is 1. The summed E-state index contributed by atoms with van der Waals surface area (Å²) in [7, 11) is 0. The number of ether oxygens (including phenoxy) is 1. The van der Waals surface area contributed by atoms with Gasteiger partial charge in [0.2, 0.25) is 0 Å². The first-order valence-electron chi connectivity index (χ1n) is 6.72. The molecule has 0 aliphatic carbocycles. The smallest absolute Gasteiger partial charge is 0.124 e. The summed E-state index contributed by atoms with van der Waals surface area (Å²) in [5, 5.41) is 22.9. The van der Waals surface area contributed by atoms with E-state index in [2.05, 4.69) is 5.32 Å². The zero-order chi connectivity index (χ0) is 15.2. The first kappa shape index (κ1) is 15.5. The van der Waals surface area contributed by atoms with Crippen LogP contribution in [-0.2, 0) is 13.2 Å². The molecule has 2 aromatic rings. The summed E-state index contributed by atoms with van der Waals surface area (Å²) in [6.07, 6.45) is 0. The highest BCUT2D eigenvalue weighted by atomic mass is 35.5. The van der Waals surface area contributed by atoms with Gasteiger partial charge in [0.25, 0.3) is 0 Å². The van der Waals surface area contributed by atoms with Crippen molar-refractivity contribution >= 4 is 17.3 Å². The van der Waals surface area contributed by atoms with Crippen LogP contribution in [0.15, 0.2) is 36.4 Å². The third-order valence-electron chi connectivity index (χ3n) is 3.06. The zero-order valence-corrected chi connectivity index (χ0v) is 12.5. The van der Waals surface area contributed by atoms with E-state index in [0.717, 1.165) is 11.3 Å². The molecule has 2 aromatic carbocycles. The lowest BCUT2D eigenvalue weighted by atomic mass is 10.1. The van der Waals surface area contributed by atoms with E-state index in [0.29, 0.717) is 29.5 Å². The molecule has 0 heterocycles. The number of aliphatic hydroxyl groups excluding tert-OH is 1. The summed E-state index contributed by atoms with van der Waals surface area (Å²) in [6, 6.07) is 10.4. The van der Waals surface area contributed by atoms with Crippen molar-refractivity contribution in [3.8, 4) is 11.5 Å². The lowest BCUT2D eigenvalue weighted by Gasteiger charge is -2.12. The minimum absolute atomic E-state index is 0.0900. The van der Waals surface area contributed by atoms with Gasteiger partial charge in [0.15, 0.2) is 0 Å². The third kappa shape index (κ3) is 4.03. The van der Waals surface area contributed by atoms with Crippen molar-refractivity contribution in [2.24, 2.45) is 0 Å². The summed E-state index contributed by atoms with van der Waals surface area (Å²) < 4.78 is 5.44. The van der Waals surface area contributed by atoms with Crippen molar-refractivity contribution < 1.29 is 14.9 Å². The molecule has 0 amide bonds. The van der Waals surface area contributed by atoms with E-state index in [-0.39, 0.29) is 12.4 Å². The minimum Gasteiger partial charge on any atom is -0.508 e. The molecule has 0 aliphatic rings. The molecule has 3 N–H and O–H groups in total. The first-order valence-corrected chi connectivity index (χ1v) is 7.09. The van der Waals surface area contributed by atoms with E-state index in [9.17, 15) is 10.2 Å². The maximum atomic E-state index is 9.77. The average molecular weight is 308 g/mol. The van der Waals surface area contributed by atoms with Crippen LogP contribution >= 0.6 is 11.6 Å². The van der Waals surface area contributed by atoms with Gasteiger partial charge in [0.05, 0.1) is 13.2 Å². The molecular weight excluding hydrogens is 290 g/mol. The molecule has 4 nitrogen and oxygen atoms in total. The van der Waals surface area contributed by atoms with Crippen LogP contribution in [0.3, 0.4) is 0 Å². The van der Waals surface area contributed by atoms with Gasteiger partial charge < -0.3 is 20.3 Å². The molecular formula is C16H18ClNO3. The average Bonchev–Trinajstić information content (AvgIpc) is 2.49. The maximum absolute atomic E-state index is 9.77. The summed E-state index contributed by atoms with van der Waals surface area (Å²) in [5.41, 5.74) is 2.26. The molecule has 21 heavy (non-hydrogen) atoms. The number of rotatable bonds is 6. The van der Waals surface area contributed by atoms with Gasteiger partial charge in [0.1, 0.15) is 11.5 Å². The number of benzene rings is 2. The van der Waals surface area contributed by atoms with Crippen LogP contribution in [0.5, 0.6) is 11.5 Å². The lowest BCUT2D eigenvalue weighted by Crippen LogP contribution is -2.02. The van der Waals surface area contributed by atoms with Crippen LogP contribution in [0.1, 0.15) is 18.1 Å². The Bertz CT molecular complexity index is 616. The van der Waals surface area contributed by atoms with Crippen molar-refractivity contribution in [2.45, 2.75) is 20.1 Å². The maximum Gasteiger partial charge on any atom is 0.124 e. The van der Waals surface area contributed by atoms with Crippen molar-refractivity contribution in [2.75, 3.05) is 11.9 Å². The van der Waals surface area contributed by atoms with Gasteiger partial charge in [-0.25, -0.2) is 0 Å². The molecule has 2 rings (SSSR count). The Morgan fingerprint density at radius 1 is 1.14 bits per heavy atom. The Morgan fingerprint density at radius 3 is 2.67 bits per heavy atom.